The molecule has 0 saturated heterocycles. The van der Waals surface area contributed by atoms with E-state index in [9.17, 15) is 9.59 Å². The first-order chi connectivity index (χ1) is 19.7. The van der Waals surface area contributed by atoms with Crippen LogP contribution in [0.4, 0.5) is 0 Å². The lowest BCUT2D eigenvalue weighted by Crippen LogP contribution is -2.28. The van der Waals surface area contributed by atoms with Crippen LogP contribution in [-0.4, -0.2) is 27.8 Å². The molecule has 2 aromatic rings. The number of nitrogens with zero attached hydrogens (tertiary/aromatic N) is 1. The van der Waals surface area contributed by atoms with Gasteiger partial charge in [-0.2, -0.15) is 16.8 Å². The Hall–Kier alpha value is -3.50. The number of amidine groups is 1. The lowest BCUT2D eigenvalue weighted by atomic mass is 10.1. The first-order valence-corrected chi connectivity index (χ1v) is 15.8. The number of allylic oxidation sites excluding steroid dienone is 3. The summed E-state index contributed by atoms with van der Waals surface area (Å²) >= 11 is 2.91. The van der Waals surface area contributed by atoms with E-state index in [-0.39, 0.29) is 35.6 Å². The van der Waals surface area contributed by atoms with Crippen LogP contribution in [0.1, 0.15) is 62.1 Å². The van der Waals surface area contributed by atoms with Gasteiger partial charge in [-0.1, -0.05) is 67.9 Å². The Bertz CT molecular complexity index is 1230. The fourth-order valence-electron chi connectivity index (χ4n) is 3.73. The molecular formula is C31H42N6O2S2. The van der Waals surface area contributed by atoms with Gasteiger partial charge in [0.15, 0.2) is 5.17 Å². The third-order valence-electron chi connectivity index (χ3n) is 5.81. The van der Waals surface area contributed by atoms with Crippen LogP contribution >= 0.6 is 23.5 Å². The molecule has 0 heterocycles. The highest BCUT2D eigenvalue weighted by atomic mass is 32.2. The maximum atomic E-state index is 12.4. The lowest BCUT2D eigenvalue weighted by molar-refractivity contribution is -0.120. The maximum Gasteiger partial charge on any atom is 0.252 e. The van der Waals surface area contributed by atoms with Crippen LogP contribution in [0.15, 0.2) is 83.3 Å². The van der Waals surface area contributed by atoms with Crippen LogP contribution < -0.4 is 22.5 Å². The van der Waals surface area contributed by atoms with Crippen molar-refractivity contribution in [3.05, 3.63) is 95.0 Å². The molecule has 2 aromatic carbocycles. The lowest BCUT2D eigenvalue weighted by Gasteiger charge is -2.06. The predicted molar refractivity (Wildman–Crippen MR) is 174 cm³/mol. The largest absolute Gasteiger partial charge is 0.402 e. The monoisotopic (exact) mass is 594 g/mol. The molecule has 0 aliphatic carbocycles. The Morgan fingerprint density at radius 2 is 1.61 bits per heavy atom. The van der Waals surface area contributed by atoms with E-state index in [1.54, 1.807) is 12.2 Å². The number of nitrogens with two attached hydrogens (primary N) is 3. The van der Waals surface area contributed by atoms with E-state index in [2.05, 4.69) is 23.3 Å². The van der Waals surface area contributed by atoms with Gasteiger partial charge in [-0.05, 0) is 78.5 Å². The standard InChI is InChI=1S/C31H42N6O2S2/c1-2-3-18-40-22-25-13-9-12-24(19-25)21-30(39)37-31(35)41-28(34)15-8-7-14-26(32)16-17-27(33)36-29(38)20-23-10-5-4-6-11-23/h4-6,9-13,16-17,19,34H,2-3,7-8,14-15,18,20-22,32-33H2,1H3,(H,36,38)(H2,35,37,39)/b26-16-,27-17+,34-28?. The molecule has 0 unspecified atom stereocenters. The van der Waals surface area contributed by atoms with Crippen molar-refractivity contribution in [1.82, 2.24) is 5.32 Å². The number of amides is 2. The van der Waals surface area contributed by atoms with Crippen LogP contribution in [-0.2, 0) is 28.2 Å². The van der Waals surface area contributed by atoms with Crippen LogP contribution in [0.2, 0.25) is 0 Å². The van der Waals surface area contributed by atoms with E-state index in [1.807, 2.05) is 60.3 Å². The van der Waals surface area contributed by atoms with Crippen LogP contribution in [0.5, 0.6) is 0 Å². The van der Waals surface area contributed by atoms with Crippen LogP contribution in [0.25, 0.3) is 0 Å². The molecule has 10 heteroatoms. The SMILES string of the molecule is CCCCSCc1cccc(CC(=O)N=C(N)SC(=N)CCCC/C(N)=C/C=C(\N)NC(=O)Cc2ccccc2)c1. The quantitative estimate of drug-likeness (QED) is 0.0755. The van der Waals surface area contributed by atoms with Gasteiger partial charge in [-0.15, -0.1) is 0 Å². The zero-order valence-corrected chi connectivity index (χ0v) is 25.4. The summed E-state index contributed by atoms with van der Waals surface area (Å²) in [6.45, 7) is 2.19. The van der Waals surface area contributed by atoms with Crippen molar-refractivity contribution in [2.75, 3.05) is 5.75 Å². The first-order valence-electron chi connectivity index (χ1n) is 13.8. The van der Waals surface area contributed by atoms with Crippen LogP contribution in [0.3, 0.4) is 0 Å². The van der Waals surface area contributed by atoms with Gasteiger partial charge < -0.3 is 22.5 Å². The van der Waals surface area contributed by atoms with E-state index in [4.69, 9.17) is 22.6 Å². The molecule has 0 saturated carbocycles. The number of hydrogen-bond donors (Lipinski definition) is 5. The van der Waals surface area contributed by atoms with Crippen molar-refractivity contribution in [2.24, 2.45) is 22.2 Å². The summed E-state index contributed by atoms with van der Waals surface area (Å²) in [5.41, 5.74) is 21.5. The molecule has 2 rings (SSSR count). The summed E-state index contributed by atoms with van der Waals surface area (Å²) in [6.07, 6.45) is 8.71. The number of nitrogens with one attached hydrogen (secondary N) is 2. The number of hydrogen-bond acceptors (Lipinski definition) is 7. The molecule has 0 aliphatic heterocycles. The van der Waals surface area contributed by atoms with Gasteiger partial charge in [0.1, 0.15) is 5.82 Å². The minimum atomic E-state index is -0.319. The van der Waals surface area contributed by atoms with Gasteiger partial charge in [0.2, 0.25) is 5.91 Å². The van der Waals surface area contributed by atoms with E-state index >= 15 is 0 Å². The third kappa shape index (κ3) is 15.8. The van der Waals surface area contributed by atoms with Gasteiger partial charge in [-0.25, -0.2) is 0 Å². The van der Waals surface area contributed by atoms with E-state index < -0.39 is 0 Å². The van der Waals surface area contributed by atoms with Crippen molar-refractivity contribution in [3.63, 3.8) is 0 Å². The maximum absolute atomic E-state index is 12.4. The van der Waals surface area contributed by atoms with E-state index in [0.717, 1.165) is 47.2 Å². The van der Waals surface area contributed by atoms with E-state index in [0.29, 0.717) is 23.6 Å². The Morgan fingerprint density at radius 1 is 0.902 bits per heavy atom. The third-order valence-corrected chi connectivity index (χ3v) is 7.67. The minimum Gasteiger partial charge on any atom is -0.402 e. The Kier molecular flexibility index (Phi) is 16.1. The number of thioether (sulfide) groups is 2. The summed E-state index contributed by atoms with van der Waals surface area (Å²) < 4.78 is 0. The molecule has 8 nitrogen and oxygen atoms in total. The highest BCUT2D eigenvalue weighted by molar-refractivity contribution is 8.26. The average Bonchev–Trinajstić information content (AvgIpc) is 2.93. The Balaban J connectivity index is 1.66. The van der Waals surface area contributed by atoms with Crippen molar-refractivity contribution < 1.29 is 9.59 Å². The molecule has 220 valence electrons. The summed E-state index contributed by atoms with van der Waals surface area (Å²) in [6, 6.07) is 17.4. The Morgan fingerprint density at radius 3 is 2.37 bits per heavy atom. The zero-order chi connectivity index (χ0) is 29.9. The smallest absolute Gasteiger partial charge is 0.252 e. The first kappa shape index (κ1) is 33.7. The molecule has 8 N–H and O–H groups in total. The molecule has 0 radical (unpaired) electrons. The molecule has 0 atom stereocenters. The van der Waals surface area contributed by atoms with Crippen molar-refractivity contribution in [2.45, 2.75) is 64.0 Å². The zero-order valence-electron chi connectivity index (χ0n) is 23.7. The summed E-state index contributed by atoms with van der Waals surface area (Å²) in [7, 11) is 0. The molecule has 0 aliphatic rings. The predicted octanol–water partition coefficient (Wildman–Crippen LogP) is 5.38. The normalized spacial score (nSPS) is 12.3. The van der Waals surface area contributed by atoms with Crippen molar-refractivity contribution in [1.29, 1.82) is 5.41 Å². The van der Waals surface area contributed by atoms with Gasteiger partial charge >= 0.3 is 0 Å². The van der Waals surface area contributed by atoms with Gasteiger partial charge in [-0.3, -0.25) is 15.0 Å². The number of unbranched alkanes of at least 4 members (excludes halogenated alkanes) is 2. The number of aliphatic imine (C=N–C) groups is 1. The van der Waals surface area contributed by atoms with Crippen LogP contribution in [0, 0.1) is 5.41 Å². The molecular weight excluding hydrogens is 553 g/mol. The number of carbonyl (C=O) groups excluding carboxylic acids is 2. The number of benzene rings is 2. The van der Waals surface area contributed by atoms with Gasteiger partial charge in [0, 0.05) is 11.4 Å². The molecule has 0 spiro atoms. The van der Waals surface area contributed by atoms with E-state index in [1.165, 1.54) is 18.4 Å². The average molecular weight is 595 g/mol. The highest BCUT2D eigenvalue weighted by Gasteiger charge is 2.08. The molecule has 0 fully saturated rings. The summed E-state index contributed by atoms with van der Waals surface area (Å²) in [5.74, 6) is 1.78. The number of carbonyl (C=O) groups is 2. The minimum absolute atomic E-state index is 0.0839. The number of rotatable bonds is 16. The second kappa shape index (κ2) is 19.6. The molecule has 2 amide bonds. The second-order valence-corrected chi connectivity index (χ2v) is 11.8. The molecule has 0 bridgehead atoms. The summed E-state index contributed by atoms with van der Waals surface area (Å²) in [5, 5.41) is 11.2. The van der Waals surface area contributed by atoms with Crippen molar-refractivity contribution >= 4 is 45.5 Å². The Labute approximate surface area is 252 Å². The topological polar surface area (TPSA) is 160 Å². The summed E-state index contributed by atoms with van der Waals surface area (Å²) in [4.78, 5) is 28.4. The fraction of sp³-hybridized carbons (Fsp3) is 0.355. The second-order valence-electron chi connectivity index (χ2n) is 9.55. The molecule has 0 aromatic heterocycles. The van der Waals surface area contributed by atoms with Crippen molar-refractivity contribution in [3.8, 4) is 0 Å². The van der Waals surface area contributed by atoms with Gasteiger partial charge in [0.25, 0.3) is 5.91 Å². The molecule has 41 heavy (non-hydrogen) atoms. The highest BCUT2D eigenvalue weighted by Crippen LogP contribution is 2.16. The van der Waals surface area contributed by atoms with Gasteiger partial charge in [0.05, 0.1) is 17.9 Å². The fourth-order valence-corrected chi connectivity index (χ4v) is 5.42.